The van der Waals surface area contributed by atoms with E-state index in [0.29, 0.717) is 32.1 Å². The van der Waals surface area contributed by atoms with Gasteiger partial charge in [0.15, 0.2) is 0 Å². The van der Waals surface area contributed by atoms with Crippen LogP contribution in [0.25, 0.3) is 0 Å². The molecule has 336 valence electrons. The standard InChI is InChI=1S/C38H56N10O13/c1-20(49)40-14-30(53)43-8-3-6-25(43)37(60)47-18-22(51)12-28(47)34(57)42-16-32(55)45-10-4-7-26(45)38(61)48-19-23(52)13-29(48)35(58)41-15-31(54)44-9-2-5-24(44)36(59)46-17-21(50)11-27(46)33(39)56/h21-29,50-52H,2-19H2,1H3,(H2,39,56)(H,40,49)(H,41,58)(H,42,57)/t21-,22-,23-,24+,25+,26+,27+,28+,29+/m1/s1. The van der Waals surface area contributed by atoms with Gasteiger partial charge < -0.3 is 66.4 Å². The Labute approximate surface area is 351 Å². The van der Waals surface area contributed by atoms with Crippen LogP contribution in [0, 0.1) is 0 Å². The Morgan fingerprint density at radius 2 is 0.787 bits per heavy atom. The molecule has 6 heterocycles. The van der Waals surface area contributed by atoms with Crippen LogP contribution in [-0.4, -0.2) is 217 Å². The minimum atomic E-state index is -1.18. The Morgan fingerprint density at radius 3 is 1.11 bits per heavy atom. The molecule has 0 bridgehead atoms. The molecule has 6 rings (SSSR count). The van der Waals surface area contributed by atoms with Crippen molar-refractivity contribution in [2.24, 2.45) is 5.73 Å². The third-order valence-corrected chi connectivity index (χ3v) is 12.5. The number of nitrogens with two attached hydrogens (primary N) is 1. The fourth-order valence-corrected chi connectivity index (χ4v) is 9.54. The topological polar surface area (TPSA) is 313 Å². The molecule has 0 unspecified atom stereocenters. The number of aliphatic hydroxyl groups is 3. The SMILES string of the molecule is CC(=O)NCC(=O)N1CCC[C@H]1C(=O)N1C[C@H](O)C[C@H]1C(=O)NCC(=O)N1CCC[C@H]1C(=O)N1C[C@H](O)C[C@H]1C(=O)NCC(=O)N1CCC[C@H]1C(=O)N1C[C@H](O)C[C@H]1C(N)=O. The van der Waals surface area contributed by atoms with Crippen LogP contribution < -0.4 is 21.7 Å². The summed E-state index contributed by atoms with van der Waals surface area (Å²) in [5.74, 6) is -5.93. The van der Waals surface area contributed by atoms with Crippen LogP contribution in [0.1, 0.15) is 64.7 Å². The molecular formula is C38H56N10O13. The lowest BCUT2D eigenvalue weighted by molar-refractivity contribution is -0.148. The summed E-state index contributed by atoms with van der Waals surface area (Å²) in [5.41, 5.74) is 5.44. The van der Waals surface area contributed by atoms with E-state index in [4.69, 9.17) is 5.73 Å². The van der Waals surface area contributed by atoms with Crippen LogP contribution in [0.2, 0.25) is 0 Å². The van der Waals surface area contributed by atoms with E-state index >= 15 is 0 Å². The molecule has 0 radical (unpaired) electrons. The fourth-order valence-electron chi connectivity index (χ4n) is 9.54. The number of likely N-dealkylation sites (tertiary alicyclic amines) is 6. The molecule has 9 atom stereocenters. The number of carbonyl (C=O) groups excluding carboxylic acids is 10. The van der Waals surface area contributed by atoms with Crippen LogP contribution in [0.5, 0.6) is 0 Å². The third kappa shape index (κ3) is 9.88. The molecule has 0 aromatic heterocycles. The van der Waals surface area contributed by atoms with Crippen LogP contribution in [0.4, 0.5) is 0 Å². The van der Waals surface area contributed by atoms with Gasteiger partial charge in [-0.25, -0.2) is 0 Å². The van der Waals surface area contributed by atoms with Crippen molar-refractivity contribution in [3.8, 4) is 0 Å². The largest absolute Gasteiger partial charge is 0.391 e. The maximum absolute atomic E-state index is 14.0. The summed E-state index contributed by atoms with van der Waals surface area (Å²) in [4.78, 5) is 138. The van der Waals surface area contributed by atoms with Gasteiger partial charge in [-0.1, -0.05) is 0 Å². The predicted molar refractivity (Wildman–Crippen MR) is 206 cm³/mol. The fraction of sp³-hybridized carbons (Fsp3) is 0.737. The number of rotatable bonds is 12. The van der Waals surface area contributed by atoms with Gasteiger partial charge in [0.05, 0.1) is 37.9 Å². The van der Waals surface area contributed by atoms with E-state index in [1.54, 1.807) is 0 Å². The zero-order valence-corrected chi connectivity index (χ0v) is 34.1. The highest BCUT2D eigenvalue weighted by molar-refractivity contribution is 5.98. The summed E-state index contributed by atoms with van der Waals surface area (Å²) in [7, 11) is 0. The minimum absolute atomic E-state index is 0.00595. The molecule has 0 aromatic carbocycles. The first kappa shape index (κ1) is 45.1. The first-order chi connectivity index (χ1) is 29.0. The maximum atomic E-state index is 14.0. The molecule has 8 N–H and O–H groups in total. The number of nitrogens with zero attached hydrogens (tertiary/aromatic N) is 6. The van der Waals surface area contributed by atoms with Crippen LogP contribution in [0.15, 0.2) is 0 Å². The average molecular weight is 861 g/mol. The summed E-state index contributed by atoms with van der Waals surface area (Å²) < 4.78 is 0. The average Bonchev–Trinajstić information content (AvgIpc) is 4.08. The monoisotopic (exact) mass is 860 g/mol. The van der Waals surface area contributed by atoms with E-state index in [2.05, 4.69) is 16.0 Å². The quantitative estimate of drug-likeness (QED) is 0.0962. The third-order valence-electron chi connectivity index (χ3n) is 12.5. The molecule has 0 saturated carbocycles. The van der Waals surface area contributed by atoms with Gasteiger partial charge in [-0.15, -0.1) is 0 Å². The number of amides is 10. The Bertz CT molecular complexity index is 1800. The first-order valence-corrected chi connectivity index (χ1v) is 20.9. The lowest BCUT2D eigenvalue weighted by atomic mass is 10.1. The van der Waals surface area contributed by atoms with Crippen molar-refractivity contribution >= 4 is 59.1 Å². The van der Waals surface area contributed by atoms with Gasteiger partial charge in [-0.05, 0) is 38.5 Å². The predicted octanol–water partition coefficient (Wildman–Crippen LogP) is -6.30. The molecule has 23 nitrogen and oxygen atoms in total. The number of hydrogen-bond donors (Lipinski definition) is 7. The Balaban J connectivity index is 1.02. The molecule has 6 fully saturated rings. The van der Waals surface area contributed by atoms with Crippen LogP contribution in [0.3, 0.4) is 0 Å². The highest BCUT2D eigenvalue weighted by Gasteiger charge is 2.48. The van der Waals surface area contributed by atoms with E-state index in [-0.39, 0.29) is 71.5 Å². The Hall–Kier alpha value is -5.42. The second-order valence-corrected chi connectivity index (χ2v) is 16.7. The summed E-state index contributed by atoms with van der Waals surface area (Å²) >= 11 is 0. The highest BCUT2D eigenvalue weighted by Crippen LogP contribution is 2.28. The molecule has 23 heteroatoms. The van der Waals surface area contributed by atoms with Crippen molar-refractivity contribution in [3.63, 3.8) is 0 Å². The van der Waals surface area contributed by atoms with Gasteiger partial charge >= 0.3 is 0 Å². The van der Waals surface area contributed by atoms with E-state index in [1.807, 2.05) is 0 Å². The van der Waals surface area contributed by atoms with Gasteiger partial charge in [0.2, 0.25) is 59.1 Å². The Kier molecular flexibility index (Phi) is 14.1. The second-order valence-electron chi connectivity index (χ2n) is 16.7. The number of primary amides is 1. The second kappa shape index (κ2) is 19.1. The number of aliphatic hydroxyl groups excluding tert-OH is 3. The zero-order valence-electron chi connectivity index (χ0n) is 34.1. The van der Waals surface area contributed by atoms with Gasteiger partial charge in [0.25, 0.3) is 0 Å². The van der Waals surface area contributed by atoms with Gasteiger partial charge in [0, 0.05) is 65.5 Å². The smallest absolute Gasteiger partial charge is 0.246 e. The summed E-state index contributed by atoms with van der Waals surface area (Å²) in [6, 6.07) is -6.16. The molecule has 6 saturated heterocycles. The van der Waals surface area contributed by atoms with Crippen molar-refractivity contribution in [2.75, 3.05) is 58.9 Å². The maximum Gasteiger partial charge on any atom is 0.246 e. The summed E-state index contributed by atoms with van der Waals surface area (Å²) in [5, 5.41) is 38.5. The molecule has 0 aliphatic carbocycles. The summed E-state index contributed by atoms with van der Waals surface area (Å²) in [6.45, 7) is 0.0839. The highest BCUT2D eigenvalue weighted by atomic mass is 16.3. The number of nitrogens with one attached hydrogen (secondary N) is 3. The number of β-amino-alcohol motifs (C(OH)–C–C–N with tert-alkyl or cyclic N) is 3. The number of carbonyl (C=O) groups is 10. The molecular weight excluding hydrogens is 804 g/mol. The van der Waals surface area contributed by atoms with Crippen molar-refractivity contribution in [2.45, 2.75) is 119 Å². The van der Waals surface area contributed by atoms with E-state index in [0.717, 1.165) is 0 Å². The first-order valence-electron chi connectivity index (χ1n) is 20.9. The van der Waals surface area contributed by atoms with Gasteiger partial charge in [-0.2, -0.15) is 0 Å². The minimum Gasteiger partial charge on any atom is -0.391 e. The molecule has 0 spiro atoms. The molecule has 0 aromatic rings. The lowest BCUT2D eigenvalue weighted by Crippen LogP contribution is -2.56. The van der Waals surface area contributed by atoms with E-state index in [9.17, 15) is 63.3 Å². The van der Waals surface area contributed by atoms with Gasteiger partial charge in [0.1, 0.15) is 36.3 Å². The Morgan fingerprint density at radius 1 is 0.475 bits per heavy atom. The van der Waals surface area contributed by atoms with E-state index < -0.39 is 127 Å². The zero-order chi connectivity index (χ0) is 44.3. The van der Waals surface area contributed by atoms with E-state index in [1.165, 1.54) is 36.3 Å². The van der Waals surface area contributed by atoms with Gasteiger partial charge in [-0.3, -0.25) is 47.9 Å². The molecule has 6 aliphatic rings. The van der Waals surface area contributed by atoms with Crippen molar-refractivity contribution < 1.29 is 63.3 Å². The van der Waals surface area contributed by atoms with Crippen molar-refractivity contribution in [1.82, 2.24) is 45.3 Å². The van der Waals surface area contributed by atoms with Crippen molar-refractivity contribution in [3.05, 3.63) is 0 Å². The molecule has 10 amide bonds. The normalized spacial score (nSPS) is 29.9. The molecule has 6 aliphatic heterocycles. The van der Waals surface area contributed by atoms with Crippen molar-refractivity contribution in [1.29, 1.82) is 0 Å². The lowest BCUT2D eigenvalue weighted by Gasteiger charge is -2.32. The van der Waals surface area contributed by atoms with Crippen LogP contribution >= 0.6 is 0 Å². The molecule has 61 heavy (non-hydrogen) atoms. The number of hydrogen-bond acceptors (Lipinski definition) is 13. The van der Waals surface area contributed by atoms with Crippen LogP contribution in [-0.2, 0) is 47.9 Å². The summed E-state index contributed by atoms with van der Waals surface area (Å²) in [6.07, 6.45) is -0.971.